The topological polar surface area (TPSA) is 56.6 Å². The number of para-hydroxylation sites is 1. The van der Waals surface area contributed by atoms with Gasteiger partial charge in [-0.15, -0.1) is 0 Å². The zero-order valence-electron chi connectivity index (χ0n) is 12.7. The molecule has 0 unspecified atom stereocenters. The zero-order chi connectivity index (χ0) is 17.3. The number of Topliss-reactive ketones (excluding diaryl/α,β-unsaturated/α-hetero) is 1. The molecule has 0 atom stereocenters. The van der Waals surface area contributed by atoms with E-state index in [1.54, 1.807) is 18.2 Å². The van der Waals surface area contributed by atoms with Crippen molar-refractivity contribution in [3.05, 3.63) is 74.9 Å². The monoisotopic (exact) mass is 354 g/mol. The Morgan fingerprint density at radius 3 is 2.67 bits per heavy atom. The van der Waals surface area contributed by atoms with Gasteiger partial charge in [0, 0.05) is 16.6 Å². The molecule has 3 aromatic rings. The standard InChI is InChI=1S/C19H12Cl2N2O/c1-11-17(14-6-2-3-8-16(14)23-11)19(24)13(10-22)9-12-5-4-7-15(20)18(12)21/h2-9,23H,1H3/b13-9+. The third-order valence-electron chi connectivity index (χ3n) is 3.77. The van der Waals surface area contributed by atoms with Crippen LogP contribution < -0.4 is 0 Å². The van der Waals surface area contributed by atoms with Crippen molar-refractivity contribution < 1.29 is 4.79 Å². The molecular weight excluding hydrogens is 343 g/mol. The predicted molar refractivity (Wildman–Crippen MR) is 97.4 cm³/mol. The number of halogens is 2. The maximum absolute atomic E-state index is 12.9. The fourth-order valence-corrected chi connectivity index (χ4v) is 3.00. The number of fused-ring (bicyclic) bond motifs is 1. The summed E-state index contributed by atoms with van der Waals surface area (Å²) in [5.74, 6) is -0.344. The number of hydrogen-bond donors (Lipinski definition) is 1. The normalized spacial score (nSPS) is 11.5. The number of carbonyl (C=O) groups excluding carboxylic acids is 1. The van der Waals surface area contributed by atoms with Crippen LogP contribution in [0, 0.1) is 18.3 Å². The first-order chi connectivity index (χ1) is 11.5. The van der Waals surface area contributed by atoms with Gasteiger partial charge in [-0.25, -0.2) is 0 Å². The Balaban J connectivity index is 2.13. The molecule has 2 aromatic carbocycles. The second kappa shape index (κ2) is 6.52. The van der Waals surface area contributed by atoms with Gasteiger partial charge in [0.05, 0.1) is 15.6 Å². The van der Waals surface area contributed by atoms with E-state index in [2.05, 4.69) is 4.98 Å². The second-order valence-electron chi connectivity index (χ2n) is 5.31. The molecule has 118 valence electrons. The van der Waals surface area contributed by atoms with E-state index >= 15 is 0 Å². The highest BCUT2D eigenvalue weighted by Crippen LogP contribution is 2.29. The lowest BCUT2D eigenvalue weighted by molar-refractivity contribution is 0.104. The Kier molecular flexibility index (Phi) is 4.44. The molecule has 0 aliphatic rings. The van der Waals surface area contributed by atoms with Crippen molar-refractivity contribution in [3.63, 3.8) is 0 Å². The van der Waals surface area contributed by atoms with E-state index in [1.165, 1.54) is 6.08 Å². The highest BCUT2D eigenvalue weighted by atomic mass is 35.5. The summed E-state index contributed by atoms with van der Waals surface area (Å²) in [7, 11) is 0. The van der Waals surface area contributed by atoms with Crippen LogP contribution in [0.2, 0.25) is 10.0 Å². The number of nitriles is 1. The predicted octanol–water partition coefficient (Wildman–Crippen LogP) is 5.57. The van der Waals surface area contributed by atoms with E-state index < -0.39 is 0 Å². The summed E-state index contributed by atoms with van der Waals surface area (Å²) in [5.41, 5.74) is 2.62. The highest BCUT2D eigenvalue weighted by molar-refractivity contribution is 6.43. The lowest BCUT2D eigenvalue weighted by Crippen LogP contribution is -2.03. The number of aryl methyl sites for hydroxylation is 1. The lowest BCUT2D eigenvalue weighted by atomic mass is 9.99. The lowest BCUT2D eigenvalue weighted by Gasteiger charge is -2.03. The highest BCUT2D eigenvalue weighted by Gasteiger charge is 2.20. The number of nitrogens with one attached hydrogen (secondary N) is 1. The van der Waals surface area contributed by atoms with Crippen LogP contribution in [0.25, 0.3) is 17.0 Å². The van der Waals surface area contributed by atoms with E-state index in [-0.39, 0.29) is 11.4 Å². The Labute approximate surface area is 149 Å². The third kappa shape index (κ3) is 2.82. The average molecular weight is 355 g/mol. The van der Waals surface area contributed by atoms with Gasteiger partial charge in [-0.05, 0) is 30.7 Å². The molecule has 0 aliphatic carbocycles. The van der Waals surface area contributed by atoms with Gasteiger partial charge in [0.2, 0.25) is 5.78 Å². The van der Waals surface area contributed by atoms with Gasteiger partial charge >= 0.3 is 0 Å². The van der Waals surface area contributed by atoms with Gasteiger partial charge in [0.1, 0.15) is 11.6 Å². The molecule has 0 saturated carbocycles. The van der Waals surface area contributed by atoms with E-state index in [0.29, 0.717) is 21.2 Å². The Morgan fingerprint density at radius 2 is 1.92 bits per heavy atom. The summed E-state index contributed by atoms with van der Waals surface area (Å²) in [6, 6.07) is 14.5. The van der Waals surface area contributed by atoms with Crippen molar-refractivity contribution in [2.75, 3.05) is 0 Å². The van der Waals surface area contributed by atoms with E-state index in [9.17, 15) is 10.1 Å². The molecule has 0 amide bonds. The van der Waals surface area contributed by atoms with Crippen LogP contribution in [0.3, 0.4) is 0 Å². The van der Waals surface area contributed by atoms with Crippen LogP contribution in [0.1, 0.15) is 21.6 Å². The number of hydrogen-bond acceptors (Lipinski definition) is 2. The molecule has 0 radical (unpaired) electrons. The van der Waals surface area contributed by atoms with Crippen LogP contribution in [0.15, 0.2) is 48.0 Å². The van der Waals surface area contributed by atoms with Gasteiger partial charge in [-0.3, -0.25) is 4.79 Å². The first-order valence-electron chi connectivity index (χ1n) is 7.20. The van der Waals surface area contributed by atoms with Crippen LogP contribution in [0.5, 0.6) is 0 Å². The quantitative estimate of drug-likeness (QED) is 0.379. The molecule has 0 saturated heterocycles. The molecule has 0 bridgehead atoms. The number of aromatic amines is 1. The number of aromatic nitrogens is 1. The van der Waals surface area contributed by atoms with Crippen molar-refractivity contribution in [2.45, 2.75) is 6.92 Å². The number of H-pyrrole nitrogens is 1. The molecule has 1 heterocycles. The SMILES string of the molecule is Cc1[nH]c2ccccc2c1C(=O)/C(C#N)=C/c1cccc(Cl)c1Cl. The second-order valence-corrected chi connectivity index (χ2v) is 6.10. The Bertz CT molecular complexity index is 1030. The molecular formula is C19H12Cl2N2O. The van der Waals surface area contributed by atoms with E-state index in [4.69, 9.17) is 23.2 Å². The summed E-state index contributed by atoms with van der Waals surface area (Å²) in [4.78, 5) is 16.1. The maximum atomic E-state index is 12.9. The van der Waals surface area contributed by atoms with Gasteiger partial charge in [0.15, 0.2) is 0 Å². The summed E-state index contributed by atoms with van der Waals surface area (Å²) in [6.07, 6.45) is 1.47. The molecule has 5 heteroatoms. The van der Waals surface area contributed by atoms with Gasteiger partial charge in [0.25, 0.3) is 0 Å². The summed E-state index contributed by atoms with van der Waals surface area (Å²) in [5, 5.41) is 10.9. The number of benzene rings is 2. The largest absolute Gasteiger partial charge is 0.358 e. The first kappa shape index (κ1) is 16.3. The van der Waals surface area contributed by atoms with Crippen molar-refractivity contribution >= 4 is 46.0 Å². The van der Waals surface area contributed by atoms with E-state index in [1.807, 2.05) is 37.3 Å². The number of ketones is 1. The molecule has 0 spiro atoms. The molecule has 1 aromatic heterocycles. The summed E-state index contributed by atoms with van der Waals surface area (Å²) in [6.45, 7) is 1.81. The van der Waals surface area contributed by atoms with Crippen LogP contribution in [0.4, 0.5) is 0 Å². The average Bonchev–Trinajstić information content (AvgIpc) is 2.91. The molecule has 3 nitrogen and oxygen atoms in total. The van der Waals surface area contributed by atoms with Gasteiger partial charge in [-0.1, -0.05) is 53.5 Å². The maximum Gasteiger partial charge on any atom is 0.205 e. The van der Waals surface area contributed by atoms with Crippen LogP contribution in [-0.2, 0) is 0 Å². The minimum atomic E-state index is -0.344. The minimum absolute atomic E-state index is 0.00650. The number of carbonyl (C=O) groups is 1. The molecule has 1 N–H and O–H groups in total. The van der Waals surface area contributed by atoms with Crippen molar-refractivity contribution in [2.24, 2.45) is 0 Å². The smallest absolute Gasteiger partial charge is 0.205 e. The Morgan fingerprint density at radius 1 is 1.17 bits per heavy atom. The van der Waals surface area contributed by atoms with Crippen molar-refractivity contribution in [3.8, 4) is 6.07 Å². The molecule has 0 fully saturated rings. The number of allylic oxidation sites excluding steroid dienone is 1. The molecule has 3 rings (SSSR count). The number of rotatable bonds is 3. The molecule has 0 aliphatic heterocycles. The summed E-state index contributed by atoms with van der Waals surface area (Å²) < 4.78 is 0. The van der Waals surface area contributed by atoms with Crippen LogP contribution in [-0.4, -0.2) is 10.8 Å². The molecule has 24 heavy (non-hydrogen) atoms. The third-order valence-corrected chi connectivity index (χ3v) is 4.60. The van der Waals surface area contributed by atoms with Gasteiger partial charge in [-0.2, -0.15) is 5.26 Å². The van der Waals surface area contributed by atoms with Crippen LogP contribution >= 0.6 is 23.2 Å². The number of nitrogens with zero attached hydrogens (tertiary/aromatic N) is 1. The summed E-state index contributed by atoms with van der Waals surface area (Å²) >= 11 is 12.1. The fraction of sp³-hybridized carbons (Fsp3) is 0.0526. The Hall–Kier alpha value is -2.54. The fourth-order valence-electron chi connectivity index (χ4n) is 2.64. The van der Waals surface area contributed by atoms with E-state index in [0.717, 1.165) is 16.6 Å². The van der Waals surface area contributed by atoms with Gasteiger partial charge < -0.3 is 4.98 Å². The zero-order valence-corrected chi connectivity index (χ0v) is 14.2. The van der Waals surface area contributed by atoms with Crippen molar-refractivity contribution in [1.82, 2.24) is 4.98 Å². The minimum Gasteiger partial charge on any atom is -0.358 e. The first-order valence-corrected chi connectivity index (χ1v) is 7.96. The van der Waals surface area contributed by atoms with Crippen molar-refractivity contribution in [1.29, 1.82) is 5.26 Å².